The van der Waals surface area contributed by atoms with Crippen molar-refractivity contribution in [1.29, 1.82) is 0 Å². The molecule has 4 nitrogen and oxygen atoms in total. The summed E-state index contributed by atoms with van der Waals surface area (Å²) in [5.41, 5.74) is 5.67. The number of nitrogens with one attached hydrogen (secondary N) is 1. The van der Waals surface area contributed by atoms with Crippen LogP contribution < -0.4 is 0 Å². The summed E-state index contributed by atoms with van der Waals surface area (Å²) in [5.74, 6) is 0. The summed E-state index contributed by atoms with van der Waals surface area (Å²) in [5, 5.41) is 0. The van der Waals surface area contributed by atoms with Crippen LogP contribution in [0.1, 0.15) is 0 Å². The molecule has 1 N–H and O–H groups in total. The molecule has 0 fully saturated rings. The third-order valence-electron chi connectivity index (χ3n) is 0.0833. The quantitative estimate of drug-likeness (QED) is 0.312. The van der Waals surface area contributed by atoms with Crippen molar-refractivity contribution in [3.63, 3.8) is 0 Å². The Hall–Kier alpha value is 0.907. The maximum Gasteiger partial charge on any atom is 2.00 e. The Kier molecular flexibility index (Phi) is 91.3. The molecule has 0 saturated heterocycles. The SMILES string of the molecule is O=[C-]O[C-]=O.[NH-]P.[W+2].[W]. The number of carbonyl (C=O) groups excluding carboxylic acids is 2. The van der Waals surface area contributed by atoms with Gasteiger partial charge in [-0.05, 0) is 0 Å². The first-order valence-corrected chi connectivity index (χ1v) is 1.68. The van der Waals surface area contributed by atoms with Gasteiger partial charge in [0.25, 0.3) is 0 Å². The smallest absolute Gasteiger partial charge is 0.783 e. The predicted molar refractivity (Wildman–Crippen MR) is 26.5 cm³/mol. The maximum atomic E-state index is 8.80. The van der Waals surface area contributed by atoms with Gasteiger partial charge in [0.15, 0.2) is 0 Å². The van der Waals surface area contributed by atoms with E-state index >= 15 is 0 Å². The van der Waals surface area contributed by atoms with E-state index in [0.717, 1.165) is 12.9 Å². The second-order valence-corrected chi connectivity index (χ2v) is 0.269. The van der Waals surface area contributed by atoms with Gasteiger partial charge in [-0.2, -0.15) is 0 Å². The zero-order valence-electron chi connectivity index (χ0n) is 4.12. The summed E-state index contributed by atoms with van der Waals surface area (Å²) < 4.78 is 3.22. The Labute approximate surface area is 84.0 Å². The minimum Gasteiger partial charge on any atom is -0.783 e. The number of hydrogen-bond acceptors (Lipinski definition) is 3. The average molecular weight is 488 g/mol. The minimum atomic E-state index is 0. The standard InChI is InChI=1S/C2O3.H3NP.2W/c3-1-5-2-4;1-2;;/h;1H,2H2;;/q-2;-1;;+2. The van der Waals surface area contributed by atoms with Crippen molar-refractivity contribution in [2.45, 2.75) is 0 Å². The van der Waals surface area contributed by atoms with Gasteiger partial charge in [0, 0.05) is 21.1 Å². The number of rotatable bonds is 2. The van der Waals surface area contributed by atoms with Crippen molar-refractivity contribution in [2.24, 2.45) is 0 Å². The van der Waals surface area contributed by atoms with E-state index < -0.39 is 0 Å². The molecule has 0 aromatic carbocycles. The fourth-order valence-corrected chi connectivity index (χ4v) is 0.0170. The molecule has 0 saturated carbocycles. The van der Waals surface area contributed by atoms with Gasteiger partial charge in [0.2, 0.25) is 0 Å². The molecular formula is C2H3NO3PW2-. The van der Waals surface area contributed by atoms with E-state index in [9.17, 15) is 0 Å². The Morgan fingerprint density at radius 2 is 1.44 bits per heavy atom. The Bertz CT molecular complexity index is 49.1. The molecule has 0 aliphatic carbocycles. The molecular weight excluding hydrogens is 485 g/mol. The molecule has 1 atom stereocenters. The molecule has 0 aliphatic heterocycles. The monoisotopic (exact) mass is 488 g/mol. The summed E-state index contributed by atoms with van der Waals surface area (Å²) in [6.45, 7) is 1.69. The normalized spacial score (nSPS) is 3.78. The van der Waals surface area contributed by atoms with Crippen LogP contribution in [0, 0.1) is 0 Å². The van der Waals surface area contributed by atoms with E-state index in [1.54, 1.807) is 9.39 Å². The zero-order chi connectivity index (χ0) is 6.12. The number of hydrogen-bond donors (Lipinski definition) is 0. The molecule has 0 aromatic heterocycles. The van der Waals surface area contributed by atoms with Crippen molar-refractivity contribution < 1.29 is 56.5 Å². The van der Waals surface area contributed by atoms with Crippen LogP contribution in [-0.4, -0.2) is 12.9 Å². The summed E-state index contributed by atoms with van der Waals surface area (Å²) in [6, 6.07) is 0. The number of ether oxygens (including phenoxy) is 1. The molecule has 52 valence electrons. The van der Waals surface area contributed by atoms with Crippen molar-refractivity contribution >= 4 is 22.3 Å². The van der Waals surface area contributed by atoms with Crippen LogP contribution in [0.4, 0.5) is 0 Å². The van der Waals surface area contributed by atoms with E-state index in [1.807, 2.05) is 0 Å². The van der Waals surface area contributed by atoms with E-state index in [0.29, 0.717) is 0 Å². The fraction of sp³-hybridized carbons (Fsp3) is 0. The summed E-state index contributed by atoms with van der Waals surface area (Å²) in [7, 11) is 1.67. The largest absolute Gasteiger partial charge is 2.00 e. The Morgan fingerprint density at radius 3 is 1.44 bits per heavy atom. The first kappa shape index (κ1) is 22.5. The van der Waals surface area contributed by atoms with Crippen LogP contribution in [0.2, 0.25) is 0 Å². The van der Waals surface area contributed by atoms with E-state index in [2.05, 4.69) is 4.74 Å². The molecule has 0 heterocycles. The molecule has 0 spiro atoms. The molecule has 0 aromatic rings. The second-order valence-electron chi connectivity index (χ2n) is 0.269. The molecule has 1 unspecified atom stereocenters. The first-order chi connectivity index (χ1) is 3.41. The topological polar surface area (TPSA) is 67.2 Å². The predicted octanol–water partition coefficient (Wildman–Crippen LogP) is -0.0389. The summed E-state index contributed by atoms with van der Waals surface area (Å²) in [6.07, 6.45) is 0. The van der Waals surface area contributed by atoms with Crippen molar-refractivity contribution in [3.05, 3.63) is 5.50 Å². The fourth-order valence-electron chi connectivity index (χ4n) is 0.0170. The van der Waals surface area contributed by atoms with Gasteiger partial charge in [0.05, 0.1) is 0 Å². The van der Waals surface area contributed by atoms with Crippen molar-refractivity contribution in [2.75, 3.05) is 0 Å². The van der Waals surface area contributed by atoms with Crippen LogP contribution in [-0.2, 0) is 56.5 Å². The van der Waals surface area contributed by atoms with Crippen LogP contribution >= 0.6 is 9.39 Å². The van der Waals surface area contributed by atoms with E-state index in [-0.39, 0.29) is 42.1 Å². The van der Waals surface area contributed by atoms with Gasteiger partial charge in [-0.15, -0.1) is 12.9 Å². The van der Waals surface area contributed by atoms with Crippen LogP contribution in [0.5, 0.6) is 0 Å². The van der Waals surface area contributed by atoms with Crippen LogP contribution in [0.3, 0.4) is 0 Å². The average Bonchev–Trinajstić information content (AvgIpc) is 1.75. The van der Waals surface area contributed by atoms with E-state index in [4.69, 9.17) is 15.1 Å². The van der Waals surface area contributed by atoms with Crippen molar-refractivity contribution in [3.8, 4) is 0 Å². The molecule has 0 radical (unpaired) electrons. The van der Waals surface area contributed by atoms with Gasteiger partial charge in [-0.3, -0.25) is 9.39 Å². The van der Waals surface area contributed by atoms with Gasteiger partial charge < -0.3 is 19.8 Å². The Morgan fingerprint density at radius 1 is 1.22 bits per heavy atom. The van der Waals surface area contributed by atoms with Gasteiger partial charge in [-0.1, -0.05) is 0 Å². The molecule has 7 heteroatoms. The van der Waals surface area contributed by atoms with Crippen LogP contribution in [0.25, 0.3) is 5.50 Å². The van der Waals surface area contributed by atoms with Gasteiger partial charge in [-0.25, -0.2) is 0 Å². The second kappa shape index (κ2) is 36.5. The zero-order valence-corrected chi connectivity index (χ0v) is 11.1. The van der Waals surface area contributed by atoms with E-state index in [1.165, 1.54) is 0 Å². The molecule has 9 heavy (non-hydrogen) atoms. The molecule has 0 rings (SSSR count). The van der Waals surface area contributed by atoms with Gasteiger partial charge in [0.1, 0.15) is 0 Å². The molecule has 0 amide bonds. The third-order valence-corrected chi connectivity index (χ3v) is 0.0833. The Balaban J connectivity index is -0.0000000286. The third kappa shape index (κ3) is 50.3. The molecule has 0 bridgehead atoms. The first-order valence-electron chi connectivity index (χ1n) is 1.11. The summed E-state index contributed by atoms with van der Waals surface area (Å²) in [4.78, 5) is 17.6. The summed E-state index contributed by atoms with van der Waals surface area (Å²) >= 11 is 0. The van der Waals surface area contributed by atoms with Crippen molar-refractivity contribution in [1.82, 2.24) is 0 Å². The maximum absolute atomic E-state index is 8.80. The van der Waals surface area contributed by atoms with Gasteiger partial charge >= 0.3 is 21.1 Å². The van der Waals surface area contributed by atoms with Crippen LogP contribution in [0.15, 0.2) is 0 Å². The molecule has 0 aliphatic rings. The minimum absolute atomic E-state index is 0.